The molecule has 1 fully saturated rings. The Hall–Kier alpha value is -1.30. The van der Waals surface area contributed by atoms with Gasteiger partial charge < -0.3 is 20.8 Å². The number of aliphatic hydroxyl groups is 1. The zero-order chi connectivity index (χ0) is 13.1. The number of hydrogen-bond acceptors (Lipinski definition) is 3. The first kappa shape index (κ1) is 13.8. The third-order valence-corrected chi connectivity index (χ3v) is 3.35. The summed E-state index contributed by atoms with van der Waals surface area (Å²) in [5.41, 5.74) is 0.0370. The minimum Gasteiger partial charge on any atom is -0.480 e. The van der Waals surface area contributed by atoms with Gasteiger partial charge >= 0.3 is 12.0 Å². The number of carboxylic acids is 1. The van der Waals surface area contributed by atoms with Crippen molar-refractivity contribution >= 4 is 12.0 Å². The predicted octanol–water partition coefficient (Wildman–Crippen LogP) is 0.310. The van der Waals surface area contributed by atoms with E-state index in [1.807, 2.05) is 0 Å². The SMILES string of the molecule is CC1(C)CCCC1NC(=O)N[C@@H](CO)C(=O)O. The van der Waals surface area contributed by atoms with Crippen molar-refractivity contribution in [3.8, 4) is 0 Å². The molecule has 6 nitrogen and oxygen atoms in total. The van der Waals surface area contributed by atoms with Crippen LogP contribution in [0, 0.1) is 5.41 Å². The van der Waals surface area contributed by atoms with Gasteiger partial charge in [-0.25, -0.2) is 9.59 Å². The molecule has 2 atom stereocenters. The molecule has 6 heteroatoms. The molecule has 1 unspecified atom stereocenters. The maximum absolute atomic E-state index is 11.6. The minimum atomic E-state index is -1.25. The summed E-state index contributed by atoms with van der Waals surface area (Å²) in [5.74, 6) is -1.24. The van der Waals surface area contributed by atoms with Crippen molar-refractivity contribution in [2.45, 2.75) is 45.2 Å². The van der Waals surface area contributed by atoms with Gasteiger partial charge in [-0.2, -0.15) is 0 Å². The summed E-state index contributed by atoms with van der Waals surface area (Å²) < 4.78 is 0. The number of rotatable bonds is 4. The number of carboxylic acid groups (broad SMARTS) is 1. The van der Waals surface area contributed by atoms with Crippen LogP contribution in [0.15, 0.2) is 0 Å². The van der Waals surface area contributed by atoms with E-state index < -0.39 is 24.6 Å². The molecule has 98 valence electrons. The molecule has 0 aromatic heterocycles. The predicted molar refractivity (Wildman–Crippen MR) is 61.6 cm³/mol. The molecule has 2 amide bonds. The van der Waals surface area contributed by atoms with Crippen molar-refractivity contribution < 1.29 is 19.8 Å². The topological polar surface area (TPSA) is 98.7 Å². The molecular formula is C11H20N2O4. The Morgan fingerprint density at radius 1 is 1.47 bits per heavy atom. The fourth-order valence-electron chi connectivity index (χ4n) is 2.14. The largest absolute Gasteiger partial charge is 0.480 e. The number of hydrogen-bond donors (Lipinski definition) is 4. The molecule has 0 bridgehead atoms. The molecule has 1 aliphatic carbocycles. The van der Waals surface area contributed by atoms with E-state index in [1.54, 1.807) is 0 Å². The van der Waals surface area contributed by atoms with Gasteiger partial charge in [0.1, 0.15) is 0 Å². The first-order chi connectivity index (χ1) is 7.86. The van der Waals surface area contributed by atoms with Crippen LogP contribution in [0.2, 0.25) is 0 Å². The Balaban J connectivity index is 2.47. The average Bonchev–Trinajstić information content (AvgIpc) is 2.54. The van der Waals surface area contributed by atoms with E-state index in [4.69, 9.17) is 10.2 Å². The zero-order valence-corrected chi connectivity index (χ0v) is 10.2. The summed E-state index contributed by atoms with van der Waals surface area (Å²) in [4.78, 5) is 22.2. The molecule has 0 spiro atoms. The summed E-state index contributed by atoms with van der Waals surface area (Å²) >= 11 is 0. The molecule has 17 heavy (non-hydrogen) atoms. The molecule has 1 aliphatic rings. The number of carbonyl (C=O) groups excluding carboxylic acids is 1. The normalized spacial score (nSPS) is 24.1. The second-order valence-corrected chi connectivity index (χ2v) is 5.12. The van der Waals surface area contributed by atoms with Crippen molar-refractivity contribution in [3.05, 3.63) is 0 Å². The molecular weight excluding hydrogens is 224 g/mol. The van der Waals surface area contributed by atoms with Gasteiger partial charge in [0.15, 0.2) is 6.04 Å². The lowest BCUT2D eigenvalue weighted by Crippen LogP contribution is -2.52. The average molecular weight is 244 g/mol. The third-order valence-electron chi connectivity index (χ3n) is 3.35. The van der Waals surface area contributed by atoms with Gasteiger partial charge in [0.05, 0.1) is 6.61 Å². The van der Waals surface area contributed by atoms with Gasteiger partial charge in [0.25, 0.3) is 0 Å². The number of urea groups is 1. The maximum atomic E-state index is 11.6. The summed E-state index contributed by atoms with van der Waals surface area (Å²) in [6.07, 6.45) is 3.00. The molecule has 0 radical (unpaired) electrons. The fraction of sp³-hybridized carbons (Fsp3) is 0.818. The van der Waals surface area contributed by atoms with Crippen molar-refractivity contribution in [1.29, 1.82) is 0 Å². The lowest BCUT2D eigenvalue weighted by Gasteiger charge is -2.28. The second kappa shape index (κ2) is 5.35. The molecule has 0 aliphatic heterocycles. The lowest BCUT2D eigenvalue weighted by molar-refractivity contribution is -0.140. The van der Waals surface area contributed by atoms with E-state index in [9.17, 15) is 9.59 Å². The van der Waals surface area contributed by atoms with Gasteiger partial charge in [0, 0.05) is 6.04 Å². The minimum absolute atomic E-state index is 0.0370. The van der Waals surface area contributed by atoms with Crippen LogP contribution in [0.1, 0.15) is 33.1 Å². The summed E-state index contributed by atoms with van der Waals surface area (Å²) in [6.45, 7) is 3.54. The molecule has 0 heterocycles. The highest BCUT2D eigenvalue weighted by Gasteiger charge is 2.35. The quantitative estimate of drug-likeness (QED) is 0.572. The lowest BCUT2D eigenvalue weighted by atomic mass is 9.87. The third kappa shape index (κ3) is 3.59. The van der Waals surface area contributed by atoms with Crippen LogP contribution in [-0.2, 0) is 4.79 Å². The van der Waals surface area contributed by atoms with Gasteiger partial charge in [-0.15, -0.1) is 0 Å². The number of carbonyl (C=O) groups is 2. The van der Waals surface area contributed by atoms with Gasteiger partial charge in [0.2, 0.25) is 0 Å². The second-order valence-electron chi connectivity index (χ2n) is 5.12. The smallest absolute Gasteiger partial charge is 0.328 e. The highest BCUT2D eigenvalue weighted by atomic mass is 16.4. The summed E-state index contributed by atoms with van der Waals surface area (Å²) in [7, 11) is 0. The van der Waals surface area contributed by atoms with Crippen LogP contribution < -0.4 is 10.6 Å². The Morgan fingerprint density at radius 2 is 2.12 bits per heavy atom. The fourth-order valence-corrected chi connectivity index (χ4v) is 2.14. The zero-order valence-electron chi connectivity index (χ0n) is 10.2. The van der Waals surface area contributed by atoms with Crippen molar-refractivity contribution in [3.63, 3.8) is 0 Å². The van der Waals surface area contributed by atoms with Crippen LogP contribution in [0.5, 0.6) is 0 Å². The van der Waals surface area contributed by atoms with E-state index >= 15 is 0 Å². The summed E-state index contributed by atoms with van der Waals surface area (Å²) in [6, 6.07) is -1.73. The maximum Gasteiger partial charge on any atom is 0.328 e. The van der Waals surface area contributed by atoms with Crippen molar-refractivity contribution in [2.75, 3.05) is 6.61 Å². The first-order valence-electron chi connectivity index (χ1n) is 5.77. The van der Waals surface area contributed by atoms with E-state index in [0.29, 0.717) is 0 Å². The number of aliphatic hydroxyl groups excluding tert-OH is 1. The van der Waals surface area contributed by atoms with Crippen LogP contribution in [0.3, 0.4) is 0 Å². The molecule has 1 saturated carbocycles. The number of nitrogens with one attached hydrogen (secondary N) is 2. The molecule has 0 aromatic carbocycles. The van der Waals surface area contributed by atoms with Crippen LogP contribution in [0.25, 0.3) is 0 Å². The van der Waals surface area contributed by atoms with Crippen LogP contribution in [0.4, 0.5) is 4.79 Å². The van der Waals surface area contributed by atoms with Crippen molar-refractivity contribution in [1.82, 2.24) is 10.6 Å². The monoisotopic (exact) mass is 244 g/mol. The van der Waals surface area contributed by atoms with Crippen LogP contribution in [-0.4, -0.2) is 40.9 Å². The van der Waals surface area contributed by atoms with Gasteiger partial charge in [-0.05, 0) is 18.3 Å². The van der Waals surface area contributed by atoms with Crippen molar-refractivity contribution in [2.24, 2.45) is 5.41 Å². The Kier molecular flexibility index (Phi) is 4.34. The highest BCUT2D eigenvalue weighted by molar-refractivity contribution is 5.82. The summed E-state index contributed by atoms with van der Waals surface area (Å²) in [5, 5.41) is 22.5. The van der Waals surface area contributed by atoms with Crippen LogP contribution >= 0.6 is 0 Å². The van der Waals surface area contributed by atoms with Gasteiger partial charge in [-0.1, -0.05) is 20.3 Å². The molecule has 0 aromatic rings. The Bertz CT molecular complexity index is 304. The van der Waals surface area contributed by atoms with E-state index in [2.05, 4.69) is 24.5 Å². The van der Waals surface area contributed by atoms with E-state index in [-0.39, 0.29) is 11.5 Å². The Morgan fingerprint density at radius 3 is 2.53 bits per heavy atom. The van der Waals surface area contributed by atoms with Gasteiger partial charge in [-0.3, -0.25) is 0 Å². The Labute approximate surface area is 100 Å². The first-order valence-corrected chi connectivity index (χ1v) is 5.77. The highest BCUT2D eigenvalue weighted by Crippen LogP contribution is 2.36. The van der Waals surface area contributed by atoms with E-state index in [1.165, 1.54) is 0 Å². The number of amides is 2. The molecule has 0 saturated heterocycles. The molecule has 1 rings (SSSR count). The standard InChI is InChI=1S/C11H20N2O4/c1-11(2)5-3-4-8(11)13-10(17)12-7(6-14)9(15)16/h7-8,14H,3-6H2,1-2H3,(H,15,16)(H2,12,13,17)/t7-,8?/m0/s1. The molecule has 4 N–H and O–H groups in total. The number of aliphatic carboxylic acids is 1. The van der Waals surface area contributed by atoms with E-state index in [0.717, 1.165) is 19.3 Å².